The molecule has 1 aromatic rings. The molecular weight excluding hydrogens is 396 g/mol. The molecule has 0 radical (unpaired) electrons. The molecule has 1 saturated heterocycles. The summed E-state index contributed by atoms with van der Waals surface area (Å²) in [5.41, 5.74) is 4.16. The van der Waals surface area contributed by atoms with Crippen LogP contribution in [-0.2, 0) is 19.0 Å². The number of aromatic nitrogens is 2. The summed E-state index contributed by atoms with van der Waals surface area (Å²) >= 11 is 0. The summed E-state index contributed by atoms with van der Waals surface area (Å²) in [5, 5.41) is 12.1. The van der Waals surface area contributed by atoms with Crippen LogP contribution in [0.4, 0.5) is 10.6 Å². The summed E-state index contributed by atoms with van der Waals surface area (Å²) in [5.74, 6) is -0.894. The molecule has 0 unspecified atom stereocenters. The second-order valence-electron chi connectivity index (χ2n) is 8.43. The average molecular weight is 426 g/mol. The first kappa shape index (κ1) is 23.6. The van der Waals surface area contributed by atoms with Gasteiger partial charge in [-0.15, -0.1) is 0 Å². The monoisotopic (exact) mass is 426 g/mol. The van der Waals surface area contributed by atoms with E-state index in [2.05, 4.69) is 10.3 Å². The smallest absolute Gasteiger partial charge is 0.408 e. The number of anilines is 1. The van der Waals surface area contributed by atoms with Crippen LogP contribution in [0.5, 0.6) is 0 Å². The number of nitrogen functional groups attached to an aromatic ring is 1. The van der Waals surface area contributed by atoms with Gasteiger partial charge in [-0.1, -0.05) is 13.8 Å². The van der Waals surface area contributed by atoms with Crippen LogP contribution in [0.1, 0.15) is 47.3 Å². The zero-order chi connectivity index (χ0) is 22.6. The second kappa shape index (κ2) is 9.43. The zero-order valence-electron chi connectivity index (χ0n) is 17.8. The van der Waals surface area contributed by atoms with Crippen molar-refractivity contribution in [2.75, 3.05) is 12.3 Å². The van der Waals surface area contributed by atoms with Gasteiger partial charge in [-0.3, -0.25) is 4.57 Å². The number of carbonyl (C=O) groups is 2. The van der Waals surface area contributed by atoms with E-state index in [4.69, 9.17) is 19.9 Å². The lowest BCUT2D eigenvalue weighted by atomic mass is 10.0. The third-order valence-corrected chi connectivity index (χ3v) is 4.38. The van der Waals surface area contributed by atoms with Gasteiger partial charge in [0, 0.05) is 12.6 Å². The van der Waals surface area contributed by atoms with Crippen molar-refractivity contribution < 1.29 is 28.9 Å². The molecule has 2 heterocycles. The number of nitrogens with zero attached hydrogens (tertiary/aromatic N) is 2. The molecule has 11 heteroatoms. The fraction of sp³-hybridized carbons (Fsp3) is 0.684. The molecule has 0 saturated carbocycles. The number of amides is 1. The van der Waals surface area contributed by atoms with Crippen molar-refractivity contribution in [3.63, 3.8) is 0 Å². The van der Waals surface area contributed by atoms with Crippen molar-refractivity contribution in [3.8, 4) is 0 Å². The third kappa shape index (κ3) is 6.17. The van der Waals surface area contributed by atoms with E-state index in [0.29, 0.717) is 0 Å². The summed E-state index contributed by atoms with van der Waals surface area (Å²) in [6.07, 6.45) is -1.63. The van der Waals surface area contributed by atoms with E-state index in [9.17, 15) is 19.5 Å². The van der Waals surface area contributed by atoms with Gasteiger partial charge in [0.05, 0.1) is 6.61 Å². The van der Waals surface area contributed by atoms with Crippen LogP contribution in [0.15, 0.2) is 17.1 Å². The van der Waals surface area contributed by atoms with Gasteiger partial charge in [0.25, 0.3) is 0 Å². The van der Waals surface area contributed by atoms with Crippen LogP contribution in [0.3, 0.4) is 0 Å². The molecule has 1 aliphatic rings. The van der Waals surface area contributed by atoms with E-state index in [1.165, 1.54) is 16.8 Å². The first-order chi connectivity index (χ1) is 13.9. The number of ether oxygens (including phenoxy) is 3. The number of rotatable bonds is 6. The maximum absolute atomic E-state index is 12.7. The standard InChI is InChI=1S/C19H30N4O7/c1-10(2)15(22-18(27)30-19(3,4)5)16(25)29-11-8-14(28-12(11)9-24)23-7-6-13(20)21-17(23)26/h6-7,10-12,14-15,24H,8-9H2,1-5H3,(H,22,27)(H2,20,21,26)/t11-,12+,14+,15+/m1/s1. The summed E-state index contributed by atoms with van der Waals surface area (Å²) in [4.78, 5) is 40.5. The van der Waals surface area contributed by atoms with Gasteiger partial charge < -0.3 is 30.4 Å². The Morgan fingerprint density at radius 1 is 1.43 bits per heavy atom. The molecular formula is C19H30N4O7. The Kier molecular flexibility index (Phi) is 7.43. The Morgan fingerprint density at radius 2 is 2.10 bits per heavy atom. The van der Waals surface area contributed by atoms with Gasteiger partial charge in [-0.25, -0.2) is 14.4 Å². The number of hydrogen-bond donors (Lipinski definition) is 3. The largest absolute Gasteiger partial charge is 0.458 e. The van der Waals surface area contributed by atoms with Crippen LogP contribution in [-0.4, -0.2) is 57.2 Å². The number of nitrogens with two attached hydrogens (primary N) is 1. The molecule has 30 heavy (non-hydrogen) atoms. The number of aliphatic hydroxyl groups is 1. The van der Waals surface area contributed by atoms with Crippen LogP contribution in [0.2, 0.25) is 0 Å². The predicted molar refractivity (Wildman–Crippen MR) is 106 cm³/mol. The Hall–Kier alpha value is -2.66. The van der Waals surface area contributed by atoms with Crippen molar-refractivity contribution in [2.24, 2.45) is 5.92 Å². The van der Waals surface area contributed by atoms with Gasteiger partial charge >= 0.3 is 17.8 Å². The summed E-state index contributed by atoms with van der Waals surface area (Å²) in [6, 6.07) is 0.483. The lowest BCUT2D eigenvalue weighted by Gasteiger charge is -2.26. The SMILES string of the molecule is CC(C)[C@H](NC(=O)OC(C)(C)C)C(=O)O[C@@H]1C[C@@H](n2ccc(N)nc2=O)O[C@H]1CO. The molecule has 2 rings (SSSR count). The molecule has 1 fully saturated rings. The van der Waals surface area contributed by atoms with E-state index < -0.39 is 54.4 Å². The van der Waals surface area contributed by atoms with E-state index in [1.807, 2.05) is 0 Å². The Bertz CT molecular complexity index is 818. The summed E-state index contributed by atoms with van der Waals surface area (Å²) in [6.45, 7) is 8.22. The quantitative estimate of drug-likeness (QED) is 0.553. The number of aliphatic hydroxyl groups excluding tert-OH is 1. The van der Waals surface area contributed by atoms with E-state index in [-0.39, 0.29) is 18.2 Å². The highest BCUT2D eigenvalue weighted by atomic mass is 16.6. The van der Waals surface area contributed by atoms with Gasteiger partial charge in [0.1, 0.15) is 35.9 Å². The van der Waals surface area contributed by atoms with Crippen molar-refractivity contribution in [1.82, 2.24) is 14.9 Å². The number of carbonyl (C=O) groups excluding carboxylic acids is 2. The summed E-state index contributed by atoms with van der Waals surface area (Å²) < 4.78 is 17.6. The van der Waals surface area contributed by atoms with Crippen molar-refractivity contribution in [3.05, 3.63) is 22.7 Å². The highest BCUT2D eigenvalue weighted by Gasteiger charge is 2.40. The molecule has 0 spiro atoms. The van der Waals surface area contributed by atoms with Crippen LogP contribution in [0.25, 0.3) is 0 Å². The molecule has 1 aromatic heterocycles. The minimum atomic E-state index is -0.959. The molecule has 4 N–H and O–H groups in total. The fourth-order valence-corrected chi connectivity index (χ4v) is 2.96. The highest BCUT2D eigenvalue weighted by Crippen LogP contribution is 2.30. The van der Waals surface area contributed by atoms with Gasteiger partial charge in [-0.2, -0.15) is 4.98 Å². The van der Waals surface area contributed by atoms with Crippen molar-refractivity contribution >= 4 is 17.9 Å². The molecule has 1 amide bonds. The molecule has 0 bridgehead atoms. The normalized spacial score (nSPS) is 22.6. The summed E-state index contributed by atoms with van der Waals surface area (Å²) in [7, 11) is 0. The lowest BCUT2D eigenvalue weighted by molar-refractivity contribution is -0.156. The third-order valence-electron chi connectivity index (χ3n) is 4.38. The first-order valence-electron chi connectivity index (χ1n) is 9.72. The first-order valence-corrected chi connectivity index (χ1v) is 9.72. The maximum atomic E-state index is 12.7. The van der Waals surface area contributed by atoms with Gasteiger partial charge in [0.15, 0.2) is 0 Å². The molecule has 4 atom stereocenters. The molecule has 0 aromatic carbocycles. The number of hydrogen-bond acceptors (Lipinski definition) is 9. The predicted octanol–water partition coefficient (Wildman–Crippen LogP) is 0.566. The zero-order valence-corrected chi connectivity index (χ0v) is 17.8. The number of esters is 1. The Balaban J connectivity index is 2.09. The number of alkyl carbamates (subject to hydrolysis) is 1. The minimum Gasteiger partial charge on any atom is -0.458 e. The number of nitrogens with one attached hydrogen (secondary N) is 1. The van der Waals surface area contributed by atoms with Crippen LogP contribution < -0.4 is 16.7 Å². The minimum absolute atomic E-state index is 0.0731. The van der Waals surface area contributed by atoms with Gasteiger partial charge in [-0.05, 0) is 32.8 Å². The van der Waals surface area contributed by atoms with E-state index >= 15 is 0 Å². The second-order valence-corrected chi connectivity index (χ2v) is 8.43. The average Bonchev–Trinajstić information content (AvgIpc) is 3.00. The molecule has 1 aliphatic heterocycles. The molecule has 168 valence electrons. The Labute approximate surface area is 174 Å². The molecule has 0 aliphatic carbocycles. The van der Waals surface area contributed by atoms with Crippen LogP contribution in [0, 0.1) is 5.92 Å². The van der Waals surface area contributed by atoms with Crippen molar-refractivity contribution in [1.29, 1.82) is 0 Å². The molecule has 11 nitrogen and oxygen atoms in total. The maximum Gasteiger partial charge on any atom is 0.408 e. The topological polar surface area (TPSA) is 155 Å². The van der Waals surface area contributed by atoms with Crippen molar-refractivity contribution in [2.45, 2.75) is 71.1 Å². The fourth-order valence-electron chi connectivity index (χ4n) is 2.96. The van der Waals surface area contributed by atoms with E-state index in [0.717, 1.165) is 0 Å². The van der Waals surface area contributed by atoms with Gasteiger partial charge in [0.2, 0.25) is 0 Å². The Morgan fingerprint density at radius 3 is 2.63 bits per heavy atom. The highest BCUT2D eigenvalue weighted by molar-refractivity contribution is 5.81. The van der Waals surface area contributed by atoms with E-state index in [1.54, 1.807) is 34.6 Å². The van der Waals surface area contributed by atoms with Crippen LogP contribution >= 0.6 is 0 Å². The lowest BCUT2D eigenvalue weighted by Crippen LogP contribution is -2.48.